The lowest BCUT2D eigenvalue weighted by Gasteiger charge is -2.30. The van der Waals surface area contributed by atoms with Crippen LogP contribution in [0.2, 0.25) is 0 Å². The summed E-state index contributed by atoms with van der Waals surface area (Å²) in [5, 5.41) is 0. The Labute approximate surface area is 63.4 Å². The van der Waals surface area contributed by atoms with Crippen molar-refractivity contribution in [2.24, 2.45) is 5.92 Å². The first-order valence-corrected chi connectivity index (χ1v) is 4.53. The molecule has 1 nitrogen and oxygen atoms in total. The molecule has 0 aromatic carbocycles. The first-order chi connectivity index (χ1) is 4.77. The second-order valence-corrected chi connectivity index (χ2v) is 4.12. The Kier molecular flexibility index (Phi) is 1.48. The van der Waals surface area contributed by atoms with E-state index >= 15 is 0 Å². The van der Waals surface area contributed by atoms with E-state index < -0.39 is 0 Å². The van der Waals surface area contributed by atoms with Gasteiger partial charge < -0.3 is 0 Å². The lowest BCUT2D eigenvalue weighted by atomic mass is 10.1. The van der Waals surface area contributed by atoms with Crippen LogP contribution in [-0.2, 0) is 0 Å². The number of rotatable bonds is 1. The third-order valence-corrected chi connectivity index (χ3v) is 3.11. The fourth-order valence-electron chi connectivity index (χ4n) is 2.60. The van der Waals surface area contributed by atoms with E-state index in [1.165, 1.54) is 25.8 Å². The van der Waals surface area contributed by atoms with Gasteiger partial charge in [0.1, 0.15) is 0 Å². The molecule has 1 heteroatoms. The predicted octanol–water partition coefficient (Wildman–Crippen LogP) is 1.88. The summed E-state index contributed by atoms with van der Waals surface area (Å²) in [6.45, 7) is 6.03. The van der Waals surface area contributed by atoms with Crippen LogP contribution in [0.25, 0.3) is 0 Å². The Morgan fingerprint density at radius 2 is 2.10 bits per heavy atom. The first kappa shape index (κ1) is 6.66. The average Bonchev–Trinajstić information content (AvgIpc) is 2.44. The van der Waals surface area contributed by atoms with Gasteiger partial charge in [-0.25, -0.2) is 0 Å². The van der Waals surface area contributed by atoms with Crippen LogP contribution in [0.15, 0.2) is 0 Å². The van der Waals surface area contributed by atoms with Gasteiger partial charge in [-0.1, -0.05) is 0 Å². The van der Waals surface area contributed by atoms with E-state index in [-0.39, 0.29) is 0 Å². The van der Waals surface area contributed by atoms with Gasteiger partial charge in [0, 0.05) is 18.6 Å². The minimum atomic E-state index is 0.787. The monoisotopic (exact) mass is 139 g/mol. The topological polar surface area (TPSA) is 3.24 Å². The van der Waals surface area contributed by atoms with E-state index in [1.54, 1.807) is 0 Å². The van der Waals surface area contributed by atoms with Crippen molar-refractivity contribution in [3.05, 3.63) is 0 Å². The molecule has 2 aliphatic rings. The van der Waals surface area contributed by atoms with Crippen LogP contribution >= 0.6 is 0 Å². The summed E-state index contributed by atoms with van der Waals surface area (Å²) >= 11 is 0. The Balaban J connectivity index is 2.02. The Hall–Kier alpha value is -0.0400. The maximum absolute atomic E-state index is 2.67. The van der Waals surface area contributed by atoms with Gasteiger partial charge in [-0.05, 0) is 39.0 Å². The number of hydrogen-bond donors (Lipinski definition) is 0. The van der Waals surface area contributed by atoms with Crippen molar-refractivity contribution in [1.29, 1.82) is 0 Å². The van der Waals surface area contributed by atoms with Gasteiger partial charge in [0.25, 0.3) is 0 Å². The average molecular weight is 139 g/mol. The molecule has 2 bridgehead atoms. The van der Waals surface area contributed by atoms with Crippen LogP contribution in [0.1, 0.15) is 33.1 Å². The highest BCUT2D eigenvalue weighted by molar-refractivity contribution is 4.93. The summed E-state index contributed by atoms with van der Waals surface area (Å²) in [4.78, 5) is 2.67. The van der Waals surface area contributed by atoms with Crippen molar-refractivity contribution in [2.75, 3.05) is 6.54 Å². The van der Waals surface area contributed by atoms with Crippen LogP contribution in [0.3, 0.4) is 0 Å². The van der Waals surface area contributed by atoms with Crippen LogP contribution < -0.4 is 0 Å². The van der Waals surface area contributed by atoms with Crippen LogP contribution in [0.5, 0.6) is 0 Å². The molecular weight excluding hydrogens is 122 g/mol. The molecule has 0 radical (unpaired) electrons. The molecule has 0 aromatic rings. The molecule has 1 aliphatic heterocycles. The molecular formula is C9H17N. The molecule has 1 heterocycles. The van der Waals surface area contributed by atoms with Gasteiger partial charge in [0.15, 0.2) is 0 Å². The highest BCUT2D eigenvalue weighted by Gasteiger charge is 2.38. The summed E-state index contributed by atoms with van der Waals surface area (Å²) in [5.74, 6) is 1.06. The van der Waals surface area contributed by atoms with Crippen molar-refractivity contribution in [1.82, 2.24) is 4.90 Å². The number of piperidine rings is 1. The lowest BCUT2D eigenvalue weighted by molar-refractivity contribution is 0.170. The van der Waals surface area contributed by atoms with Crippen molar-refractivity contribution in [2.45, 2.75) is 45.2 Å². The van der Waals surface area contributed by atoms with Gasteiger partial charge in [0.2, 0.25) is 0 Å². The highest BCUT2D eigenvalue weighted by Crippen LogP contribution is 2.38. The fourth-order valence-corrected chi connectivity index (χ4v) is 2.60. The number of likely N-dealkylation sites (tertiary alicyclic amines) is 1. The quantitative estimate of drug-likeness (QED) is 0.536. The van der Waals surface area contributed by atoms with E-state index in [2.05, 4.69) is 18.7 Å². The molecule has 2 fully saturated rings. The van der Waals surface area contributed by atoms with E-state index in [0.717, 1.165) is 18.0 Å². The molecule has 0 unspecified atom stereocenters. The van der Waals surface area contributed by atoms with Crippen LogP contribution in [-0.4, -0.2) is 23.5 Å². The normalized spacial score (nSPS) is 39.9. The minimum absolute atomic E-state index is 0.787. The summed E-state index contributed by atoms with van der Waals surface area (Å²) < 4.78 is 0. The number of fused-ring (bicyclic) bond motifs is 2. The van der Waals surface area contributed by atoms with Crippen molar-refractivity contribution >= 4 is 0 Å². The van der Waals surface area contributed by atoms with E-state index in [4.69, 9.17) is 0 Å². The third kappa shape index (κ3) is 0.878. The molecule has 1 aliphatic carbocycles. The summed E-state index contributed by atoms with van der Waals surface area (Å²) in [6, 6.07) is 1.75. The molecule has 2 atom stereocenters. The maximum atomic E-state index is 2.67. The zero-order valence-corrected chi connectivity index (χ0v) is 7.01. The van der Waals surface area contributed by atoms with Gasteiger partial charge in [-0.3, -0.25) is 4.90 Å². The van der Waals surface area contributed by atoms with Gasteiger partial charge in [-0.15, -0.1) is 0 Å². The molecule has 0 amide bonds. The Morgan fingerprint density at radius 1 is 1.30 bits per heavy atom. The van der Waals surface area contributed by atoms with Gasteiger partial charge in [-0.2, -0.15) is 0 Å². The molecule has 1 saturated carbocycles. The lowest BCUT2D eigenvalue weighted by Crippen LogP contribution is -2.37. The van der Waals surface area contributed by atoms with E-state index in [1.807, 2.05) is 0 Å². The second kappa shape index (κ2) is 2.23. The fraction of sp³-hybridized carbons (Fsp3) is 1.00. The molecule has 2 rings (SSSR count). The third-order valence-electron chi connectivity index (χ3n) is 3.11. The van der Waals surface area contributed by atoms with E-state index in [0.29, 0.717) is 0 Å². The zero-order chi connectivity index (χ0) is 7.14. The van der Waals surface area contributed by atoms with Crippen LogP contribution in [0.4, 0.5) is 0 Å². The standard InChI is InChI=1S/C9H17N/c1-7(2)10-6-8-3-4-9(10)5-8/h7-9H,3-6H2,1-2H3/t8-,9+/m1/s1. The van der Waals surface area contributed by atoms with Gasteiger partial charge >= 0.3 is 0 Å². The molecule has 58 valence electrons. The number of hydrogen-bond acceptors (Lipinski definition) is 1. The van der Waals surface area contributed by atoms with E-state index in [9.17, 15) is 0 Å². The van der Waals surface area contributed by atoms with Crippen LogP contribution in [0, 0.1) is 5.92 Å². The predicted molar refractivity (Wildman–Crippen MR) is 43.0 cm³/mol. The molecule has 1 saturated heterocycles. The SMILES string of the molecule is CC(C)N1C[C@@H]2CC[C@H]1C2. The zero-order valence-electron chi connectivity index (χ0n) is 7.01. The smallest absolute Gasteiger partial charge is 0.0101 e. The van der Waals surface area contributed by atoms with Gasteiger partial charge in [0.05, 0.1) is 0 Å². The summed E-state index contributed by atoms with van der Waals surface area (Å²) in [5.41, 5.74) is 0. The second-order valence-electron chi connectivity index (χ2n) is 4.12. The minimum Gasteiger partial charge on any atom is -0.298 e. The maximum Gasteiger partial charge on any atom is 0.0101 e. The molecule has 0 aromatic heterocycles. The summed E-state index contributed by atoms with van der Waals surface area (Å²) in [6.07, 6.45) is 4.48. The first-order valence-electron chi connectivity index (χ1n) is 4.53. The highest BCUT2D eigenvalue weighted by atomic mass is 15.2. The van der Waals surface area contributed by atoms with Crippen molar-refractivity contribution < 1.29 is 0 Å². The molecule has 0 N–H and O–H groups in total. The molecule has 0 spiro atoms. The Bertz CT molecular complexity index is 131. The summed E-state index contributed by atoms with van der Waals surface area (Å²) in [7, 11) is 0. The Morgan fingerprint density at radius 3 is 2.40 bits per heavy atom. The van der Waals surface area contributed by atoms with Crippen molar-refractivity contribution in [3.8, 4) is 0 Å². The number of nitrogens with zero attached hydrogens (tertiary/aromatic N) is 1. The largest absolute Gasteiger partial charge is 0.298 e. The molecule has 10 heavy (non-hydrogen) atoms. The van der Waals surface area contributed by atoms with Crippen molar-refractivity contribution in [3.63, 3.8) is 0 Å².